The lowest BCUT2D eigenvalue weighted by Gasteiger charge is -2.41. The molecule has 2 aliphatic carbocycles. The summed E-state index contributed by atoms with van der Waals surface area (Å²) in [6.45, 7) is 4.99. The highest BCUT2D eigenvalue weighted by atomic mass is 16.7. The molecule has 0 spiro atoms. The number of phenolic OH excluding ortho intramolecular Hbond substituents is 1. The fourth-order valence-electron chi connectivity index (χ4n) is 6.62. The number of aliphatic hydroxyl groups is 3. The van der Waals surface area contributed by atoms with Gasteiger partial charge >= 0.3 is 0 Å². The van der Waals surface area contributed by atoms with E-state index in [1.54, 1.807) is 26.8 Å². The molecule has 2 fully saturated rings. The molecule has 0 aromatic heterocycles. The summed E-state index contributed by atoms with van der Waals surface area (Å²) in [5.74, 6) is -1.92. The van der Waals surface area contributed by atoms with Crippen LogP contribution in [0.3, 0.4) is 0 Å². The molecular formula is C31H34O10. The highest BCUT2D eigenvalue weighted by Crippen LogP contribution is 2.44. The van der Waals surface area contributed by atoms with Crippen LogP contribution in [0.25, 0.3) is 0 Å². The van der Waals surface area contributed by atoms with Gasteiger partial charge in [-0.2, -0.15) is 0 Å². The van der Waals surface area contributed by atoms with Gasteiger partial charge in [-0.3, -0.25) is 14.4 Å². The largest absolute Gasteiger partial charge is 0.507 e. The Balaban J connectivity index is 1.32. The monoisotopic (exact) mass is 566 g/mol. The zero-order chi connectivity index (χ0) is 29.4. The molecule has 4 N–H and O–H groups in total. The van der Waals surface area contributed by atoms with E-state index in [2.05, 4.69) is 0 Å². The maximum absolute atomic E-state index is 13.7. The quantitative estimate of drug-likeness (QED) is 0.371. The lowest BCUT2D eigenvalue weighted by atomic mass is 9.73. The smallest absolute Gasteiger partial charge is 0.198 e. The van der Waals surface area contributed by atoms with Gasteiger partial charge in [0, 0.05) is 53.5 Å². The van der Waals surface area contributed by atoms with Crippen LogP contribution in [0.2, 0.25) is 0 Å². The molecule has 6 rings (SSSR count). The summed E-state index contributed by atoms with van der Waals surface area (Å²) in [6.07, 6.45) is -3.61. The summed E-state index contributed by atoms with van der Waals surface area (Å²) in [7, 11) is 0. The van der Waals surface area contributed by atoms with Crippen molar-refractivity contribution in [2.45, 2.75) is 101 Å². The lowest BCUT2D eigenvalue weighted by molar-refractivity contribution is -0.272. The minimum atomic E-state index is -1.24. The second-order valence-corrected chi connectivity index (χ2v) is 12.0. The van der Waals surface area contributed by atoms with Gasteiger partial charge in [0.1, 0.15) is 11.9 Å². The summed E-state index contributed by atoms with van der Waals surface area (Å²) in [5.41, 5.74) is -0.417. The molecule has 8 unspecified atom stereocenters. The third-order valence-corrected chi connectivity index (χ3v) is 8.80. The number of aromatic hydroxyl groups is 1. The molecule has 218 valence electrons. The Morgan fingerprint density at radius 1 is 0.878 bits per heavy atom. The van der Waals surface area contributed by atoms with Crippen molar-refractivity contribution in [3.8, 4) is 5.75 Å². The Kier molecular flexibility index (Phi) is 6.92. The van der Waals surface area contributed by atoms with E-state index in [1.807, 2.05) is 0 Å². The van der Waals surface area contributed by atoms with Gasteiger partial charge in [0.05, 0.1) is 41.7 Å². The second kappa shape index (κ2) is 10.1. The van der Waals surface area contributed by atoms with Crippen LogP contribution >= 0.6 is 0 Å². The SMILES string of the molecule is CC1OC(OC2CC(c3ccc4c(c3O)C(=O)c3ccc5c(c3C4=O)C(=O)CC(C)(O)C5)OC(C)C2O)CCC1O. The molecular weight excluding hydrogens is 532 g/mol. The zero-order valence-electron chi connectivity index (χ0n) is 23.1. The molecule has 2 aromatic carbocycles. The number of hydrogen-bond acceptors (Lipinski definition) is 10. The summed E-state index contributed by atoms with van der Waals surface area (Å²) in [6, 6.07) is 6.03. The van der Waals surface area contributed by atoms with Crippen LogP contribution in [0.15, 0.2) is 24.3 Å². The third-order valence-electron chi connectivity index (χ3n) is 8.80. The Labute approximate surface area is 236 Å². The van der Waals surface area contributed by atoms with Crippen LogP contribution in [-0.4, -0.2) is 80.2 Å². The molecule has 10 nitrogen and oxygen atoms in total. The van der Waals surface area contributed by atoms with E-state index in [-0.39, 0.29) is 52.6 Å². The average molecular weight is 567 g/mol. The predicted octanol–water partition coefficient (Wildman–Crippen LogP) is 2.53. The van der Waals surface area contributed by atoms with E-state index < -0.39 is 71.6 Å². The van der Waals surface area contributed by atoms with Crippen molar-refractivity contribution in [1.82, 2.24) is 0 Å². The van der Waals surface area contributed by atoms with Gasteiger partial charge in [-0.05, 0) is 44.9 Å². The Hall–Kier alpha value is -2.99. The van der Waals surface area contributed by atoms with E-state index in [1.165, 1.54) is 18.2 Å². The number of rotatable bonds is 3. The molecule has 8 atom stereocenters. The summed E-state index contributed by atoms with van der Waals surface area (Å²) >= 11 is 0. The molecule has 2 saturated heterocycles. The number of hydrogen-bond donors (Lipinski definition) is 4. The van der Waals surface area contributed by atoms with Crippen LogP contribution in [0.4, 0.5) is 0 Å². The molecule has 10 heteroatoms. The van der Waals surface area contributed by atoms with Crippen molar-refractivity contribution in [2.24, 2.45) is 0 Å². The standard InChI is InChI=1S/C31H34O10/c1-13-19(32)8-9-23(40-13)41-22-10-21(39-14(2)27(22)34)16-6-7-18-26(28(16)35)30(37)17-5-4-15-11-31(3,38)12-20(33)24(15)25(17)29(18)36/h4-7,13-14,19,21-23,27,32,34-35,38H,8-12H2,1-3H3. The molecule has 0 amide bonds. The fourth-order valence-corrected chi connectivity index (χ4v) is 6.62. The van der Waals surface area contributed by atoms with Gasteiger partial charge in [-0.25, -0.2) is 0 Å². The summed E-state index contributed by atoms with van der Waals surface area (Å²) in [5, 5.41) is 42.6. The van der Waals surface area contributed by atoms with Gasteiger partial charge in [0.25, 0.3) is 0 Å². The van der Waals surface area contributed by atoms with E-state index in [0.29, 0.717) is 18.4 Å². The summed E-state index contributed by atoms with van der Waals surface area (Å²) in [4.78, 5) is 40.4. The van der Waals surface area contributed by atoms with Crippen LogP contribution in [0, 0.1) is 0 Å². The molecule has 2 aliphatic heterocycles. The number of ketones is 3. The number of ether oxygens (including phenoxy) is 3. The highest BCUT2D eigenvalue weighted by Gasteiger charge is 2.44. The van der Waals surface area contributed by atoms with Crippen LogP contribution in [0.1, 0.15) is 106 Å². The number of benzene rings is 2. The van der Waals surface area contributed by atoms with Gasteiger partial charge in [-0.1, -0.05) is 12.1 Å². The lowest BCUT2D eigenvalue weighted by Crippen LogP contribution is -2.48. The molecule has 0 bridgehead atoms. The van der Waals surface area contributed by atoms with Gasteiger partial charge in [0.2, 0.25) is 0 Å². The normalized spacial score (nSPS) is 35.1. The second-order valence-electron chi connectivity index (χ2n) is 12.0. The van der Waals surface area contributed by atoms with Crippen molar-refractivity contribution >= 4 is 17.3 Å². The molecule has 4 aliphatic rings. The molecule has 0 radical (unpaired) electrons. The Morgan fingerprint density at radius 3 is 2.29 bits per heavy atom. The van der Waals surface area contributed by atoms with Gasteiger partial charge in [0.15, 0.2) is 23.6 Å². The molecule has 2 heterocycles. The maximum Gasteiger partial charge on any atom is 0.198 e. The topological polar surface area (TPSA) is 160 Å². The first-order valence-corrected chi connectivity index (χ1v) is 14.1. The van der Waals surface area contributed by atoms with E-state index in [9.17, 15) is 34.8 Å². The molecule has 0 saturated carbocycles. The number of carbonyl (C=O) groups excluding carboxylic acids is 3. The van der Waals surface area contributed by atoms with Crippen molar-refractivity contribution < 1.29 is 49.0 Å². The van der Waals surface area contributed by atoms with E-state index in [4.69, 9.17) is 14.2 Å². The Bertz CT molecular complexity index is 1440. The highest BCUT2D eigenvalue weighted by molar-refractivity contribution is 6.32. The average Bonchev–Trinajstić information content (AvgIpc) is 2.90. The number of carbonyl (C=O) groups is 3. The minimum Gasteiger partial charge on any atom is -0.507 e. The van der Waals surface area contributed by atoms with Crippen LogP contribution in [-0.2, 0) is 20.6 Å². The van der Waals surface area contributed by atoms with Crippen LogP contribution in [0.5, 0.6) is 5.75 Å². The van der Waals surface area contributed by atoms with E-state index >= 15 is 0 Å². The van der Waals surface area contributed by atoms with Gasteiger partial charge < -0.3 is 34.6 Å². The summed E-state index contributed by atoms with van der Waals surface area (Å²) < 4.78 is 17.9. The number of phenols is 1. The molecule has 41 heavy (non-hydrogen) atoms. The van der Waals surface area contributed by atoms with Crippen molar-refractivity contribution in [1.29, 1.82) is 0 Å². The van der Waals surface area contributed by atoms with Crippen LogP contribution < -0.4 is 0 Å². The fraction of sp³-hybridized carbons (Fsp3) is 0.516. The number of fused-ring (bicyclic) bond motifs is 4. The molecule has 2 aromatic rings. The first kappa shape index (κ1) is 28.1. The van der Waals surface area contributed by atoms with Crippen molar-refractivity contribution in [3.05, 3.63) is 63.2 Å². The van der Waals surface area contributed by atoms with Crippen molar-refractivity contribution in [3.63, 3.8) is 0 Å². The third kappa shape index (κ3) is 4.72. The van der Waals surface area contributed by atoms with Gasteiger partial charge in [-0.15, -0.1) is 0 Å². The number of aliphatic hydroxyl groups excluding tert-OH is 2. The first-order chi connectivity index (χ1) is 19.4. The first-order valence-electron chi connectivity index (χ1n) is 14.1. The van der Waals surface area contributed by atoms with Crippen molar-refractivity contribution in [2.75, 3.05) is 0 Å². The zero-order valence-corrected chi connectivity index (χ0v) is 23.1. The minimum absolute atomic E-state index is 0.0119. The van der Waals surface area contributed by atoms with E-state index in [0.717, 1.165) is 0 Å². The Morgan fingerprint density at radius 2 is 1.56 bits per heavy atom. The predicted molar refractivity (Wildman–Crippen MR) is 143 cm³/mol. The maximum atomic E-state index is 13.7. The number of Topliss-reactive ketones (excluding diaryl/α,β-unsaturated/α-hetero) is 1.